The summed E-state index contributed by atoms with van der Waals surface area (Å²) in [7, 11) is 3.14. The Labute approximate surface area is 123 Å². The molecule has 2 aromatic rings. The predicted molar refractivity (Wildman–Crippen MR) is 78.5 cm³/mol. The Balaban J connectivity index is 1.86. The van der Waals surface area contributed by atoms with E-state index in [-0.39, 0.29) is 12.1 Å². The van der Waals surface area contributed by atoms with Crippen molar-refractivity contribution in [1.29, 1.82) is 0 Å². The number of rotatable bonds is 6. The van der Waals surface area contributed by atoms with E-state index in [1.165, 1.54) is 0 Å². The monoisotopic (exact) mass is 290 g/mol. The van der Waals surface area contributed by atoms with Crippen LogP contribution in [-0.2, 0) is 4.74 Å². The molecule has 0 fully saturated rings. The van der Waals surface area contributed by atoms with E-state index in [0.29, 0.717) is 23.7 Å². The van der Waals surface area contributed by atoms with E-state index in [9.17, 15) is 4.79 Å². The Morgan fingerprint density at radius 3 is 2.81 bits per heavy atom. The second kappa shape index (κ2) is 7.35. The zero-order valence-electron chi connectivity index (χ0n) is 12.0. The first kappa shape index (κ1) is 14.9. The quantitative estimate of drug-likeness (QED) is 0.858. The van der Waals surface area contributed by atoms with E-state index in [0.717, 1.165) is 0 Å². The minimum atomic E-state index is -0.323. The van der Waals surface area contributed by atoms with Crippen LogP contribution in [0.3, 0.4) is 0 Å². The number of methoxy groups -OCH3 is 2. The molecule has 112 valence electrons. The lowest BCUT2D eigenvalue weighted by Crippen LogP contribution is -2.32. The number of carbonyl (C=O) groups excluding carboxylic acids is 1. The Bertz CT molecular complexity index is 569. The lowest BCUT2D eigenvalue weighted by atomic mass is 10.2. The van der Waals surface area contributed by atoms with Gasteiger partial charge in [-0.15, -0.1) is 0 Å². The molecule has 0 saturated carbocycles. The van der Waals surface area contributed by atoms with E-state index < -0.39 is 0 Å². The zero-order chi connectivity index (χ0) is 15.1. The normalized spacial score (nSPS) is 11.7. The number of furan rings is 1. The van der Waals surface area contributed by atoms with Crippen molar-refractivity contribution in [3.63, 3.8) is 0 Å². The maximum absolute atomic E-state index is 11.9. The molecule has 0 aliphatic heterocycles. The van der Waals surface area contributed by atoms with Crippen molar-refractivity contribution in [1.82, 2.24) is 5.32 Å². The summed E-state index contributed by atoms with van der Waals surface area (Å²) in [4.78, 5) is 11.9. The first-order valence-corrected chi connectivity index (χ1v) is 6.48. The third-order valence-corrected chi connectivity index (χ3v) is 2.92. The lowest BCUT2D eigenvalue weighted by molar-refractivity contribution is 0.0855. The van der Waals surface area contributed by atoms with Gasteiger partial charge in [-0.3, -0.25) is 0 Å². The van der Waals surface area contributed by atoms with Gasteiger partial charge >= 0.3 is 6.03 Å². The second-order valence-corrected chi connectivity index (χ2v) is 4.31. The van der Waals surface area contributed by atoms with Gasteiger partial charge in [-0.05, 0) is 24.3 Å². The third-order valence-electron chi connectivity index (χ3n) is 2.92. The average molecular weight is 290 g/mol. The standard InChI is InChI=1S/C15H18N2O4/c1-19-12-6-3-5-11(9-12)17-15(18)16-10-14(20-2)13-7-4-8-21-13/h3-9,14H,10H2,1-2H3,(H2,16,17,18)/t14-/m1/s1. The number of ether oxygens (including phenoxy) is 2. The van der Waals surface area contributed by atoms with Crippen LogP contribution in [0, 0.1) is 0 Å². The van der Waals surface area contributed by atoms with Gasteiger partial charge in [0.15, 0.2) is 0 Å². The number of hydrogen-bond acceptors (Lipinski definition) is 4. The Morgan fingerprint density at radius 2 is 2.14 bits per heavy atom. The fraction of sp³-hybridized carbons (Fsp3) is 0.267. The summed E-state index contributed by atoms with van der Waals surface area (Å²) in [5, 5.41) is 5.46. The minimum absolute atomic E-state index is 0.305. The van der Waals surface area contributed by atoms with Crippen molar-refractivity contribution >= 4 is 11.7 Å². The van der Waals surface area contributed by atoms with Gasteiger partial charge in [-0.1, -0.05) is 6.07 Å². The summed E-state index contributed by atoms with van der Waals surface area (Å²) in [5.74, 6) is 1.34. The summed E-state index contributed by atoms with van der Waals surface area (Å²) >= 11 is 0. The van der Waals surface area contributed by atoms with E-state index in [1.54, 1.807) is 56.9 Å². The zero-order valence-corrected chi connectivity index (χ0v) is 12.0. The second-order valence-electron chi connectivity index (χ2n) is 4.31. The first-order valence-electron chi connectivity index (χ1n) is 6.48. The van der Waals surface area contributed by atoms with Crippen molar-refractivity contribution in [3.05, 3.63) is 48.4 Å². The molecule has 0 aliphatic carbocycles. The number of carbonyl (C=O) groups is 1. The smallest absolute Gasteiger partial charge is 0.319 e. The molecule has 0 unspecified atom stereocenters. The molecule has 6 heteroatoms. The van der Waals surface area contributed by atoms with Crippen molar-refractivity contribution < 1.29 is 18.7 Å². The van der Waals surface area contributed by atoms with Gasteiger partial charge in [0.25, 0.3) is 0 Å². The van der Waals surface area contributed by atoms with Gasteiger partial charge in [0.05, 0.1) is 19.9 Å². The first-order chi connectivity index (χ1) is 10.2. The lowest BCUT2D eigenvalue weighted by Gasteiger charge is -2.14. The van der Waals surface area contributed by atoms with Gasteiger partial charge in [0.1, 0.15) is 17.6 Å². The highest BCUT2D eigenvalue weighted by Crippen LogP contribution is 2.17. The summed E-state index contributed by atoms with van der Waals surface area (Å²) in [6, 6.07) is 10.4. The molecule has 1 aromatic carbocycles. The van der Waals surface area contributed by atoms with Crippen LogP contribution in [0.1, 0.15) is 11.9 Å². The van der Waals surface area contributed by atoms with Crippen LogP contribution in [0.5, 0.6) is 5.75 Å². The summed E-state index contributed by atoms with van der Waals surface area (Å²) in [5.41, 5.74) is 0.652. The molecule has 2 rings (SSSR count). The van der Waals surface area contributed by atoms with Crippen LogP contribution in [0.4, 0.5) is 10.5 Å². The van der Waals surface area contributed by atoms with Gasteiger partial charge < -0.3 is 24.5 Å². The number of amides is 2. The number of urea groups is 1. The summed E-state index contributed by atoms with van der Waals surface area (Å²) in [6.45, 7) is 0.305. The van der Waals surface area contributed by atoms with Crippen molar-refractivity contribution in [2.45, 2.75) is 6.10 Å². The molecule has 0 radical (unpaired) electrons. The van der Waals surface area contributed by atoms with Crippen molar-refractivity contribution in [2.75, 3.05) is 26.1 Å². The highest BCUT2D eigenvalue weighted by atomic mass is 16.5. The molecule has 2 N–H and O–H groups in total. The van der Waals surface area contributed by atoms with Crippen LogP contribution in [0.2, 0.25) is 0 Å². The molecule has 0 aliphatic rings. The molecule has 0 spiro atoms. The van der Waals surface area contributed by atoms with E-state index in [4.69, 9.17) is 13.9 Å². The summed E-state index contributed by atoms with van der Waals surface area (Å²) < 4.78 is 15.6. The van der Waals surface area contributed by atoms with Crippen LogP contribution in [0.25, 0.3) is 0 Å². The summed E-state index contributed by atoms with van der Waals surface area (Å²) in [6.07, 6.45) is 1.24. The fourth-order valence-electron chi connectivity index (χ4n) is 1.84. The molecule has 6 nitrogen and oxygen atoms in total. The molecule has 1 heterocycles. The van der Waals surface area contributed by atoms with Crippen LogP contribution in [0.15, 0.2) is 47.1 Å². The van der Waals surface area contributed by atoms with E-state index in [2.05, 4.69) is 10.6 Å². The van der Waals surface area contributed by atoms with Gasteiger partial charge in [-0.25, -0.2) is 4.79 Å². The van der Waals surface area contributed by atoms with Gasteiger partial charge in [-0.2, -0.15) is 0 Å². The molecular formula is C15H18N2O4. The van der Waals surface area contributed by atoms with Gasteiger partial charge in [0, 0.05) is 18.9 Å². The fourth-order valence-corrected chi connectivity index (χ4v) is 1.84. The predicted octanol–water partition coefficient (Wildman–Crippen LogP) is 2.80. The molecule has 21 heavy (non-hydrogen) atoms. The topological polar surface area (TPSA) is 72.7 Å². The third kappa shape index (κ3) is 4.25. The van der Waals surface area contributed by atoms with E-state index in [1.807, 2.05) is 0 Å². The number of nitrogens with one attached hydrogen (secondary N) is 2. The van der Waals surface area contributed by atoms with Crippen LogP contribution >= 0.6 is 0 Å². The maximum Gasteiger partial charge on any atom is 0.319 e. The molecule has 1 aromatic heterocycles. The Kier molecular flexibility index (Phi) is 5.22. The number of hydrogen-bond donors (Lipinski definition) is 2. The molecule has 0 saturated heterocycles. The number of benzene rings is 1. The highest BCUT2D eigenvalue weighted by molar-refractivity contribution is 5.89. The van der Waals surface area contributed by atoms with Crippen molar-refractivity contribution in [2.24, 2.45) is 0 Å². The highest BCUT2D eigenvalue weighted by Gasteiger charge is 2.14. The van der Waals surface area contributed by atoms with Crippen molar-refractivity contribution in [3.8, 4) is 5.75 Å². The molecule has 0 bridgehead atoms. The van der Waals surface area contributed by atoms with Crippen LogP contribution in [-0.4, -0.2) is 26.8 Å². The average Bonchev–Trinajstić information content (AvgIpc) is 3.02. The maximum atomic E-state index is 11.9. The largest absolute Gasteiger partial charge is 0.497 e. The van der Waals surface area contributed by atoms with E-state index >= 15 is 0 Å². The number of anilines is 1. The Hall–Kier alpha value is -2.47. The molecular weight excluding hydrogens is 272 g/mol. The Morgan fingerprint density at radius 1 is 1.29 bits per heavy atom. The molecule has 1 atom stereocenters. The minimum Gasteiger partial charge on any atom is -0.497 e. The SMILES string of the molecule is COc1cccc(NC(=O)NC[C@@H](OC)c2ccco2)c1. The van der Waals surface area contributed by atoms with Gasteiger partial charge in [0.2, 0.25) is 0 Å². The van der Waals surface area contributed by atoms with Crippen LogP contribution < -0.4 is 15.4 Å². The molecule has 2 amide bonds.